The Bertz CT molecular complexity index is 772. The van der Waals surface area contributed by atoms with Crippen molar-refractivity contribution in [3.8, 4) is 0 Å². The van der Waals surface area contributed by atoms with Crippen LogP contribution in [0.5, 0.6) is 0 Å². The number of carbonyl (C=O) groups excluding carboxylic acids is 4. The summed E-state index contributed by atoms with van der Waals surface area (Å²) >= 11 is 0. The molecule has 1 saturated carbocycles. The first kappa shape index (κ1) is 19.9. The van der Waals surface area contributed by atoms with E-state index in [1.807, 2.05) is 18.2 Å². The lowest BCUT2D eigenvalue weighted by Crippen LogP contribution is -2.51. The van der Waals surface area contributed by atoms with Gasteiger partial charge in [0.1, 0.15) is 5.54 Å². The lowest BCUT2D eigenvalue weighted by atomic mass is 9.77. The summed E-state index contributed by atoms with van der Waals surface area (Å²) in [5.41, 5.74) is 2.27. The molecule has 0 radical (unpaired) electrons. The van der Waals surface area contributed by atoms with Crippen LogP contribution in [0.2, 0.25) is 0 Å². The standard InChI is InChI=1S/C20H26N4O4/c1-13-8-10-20(11-9-13)18(27)24(19(28)22-20)23-17(26)12-16(21-14(2)25)15-6-4-3-5-7-15/h3-7,13,16H,8-12H2,1-2H3,(H,21,25)(H,22,28)(H,23,26)/t13?,16-,20?/m0/s1. The highest BCUT2D eigenvalue weighted by Crippen LogP contribution is 2.35. The molecule has 1 aromatic rings. The molecule has 2 aliphatic rings. The molecular formula is C20H26N4O4. The average Bonchev–Trinajstić information content (AvgIpc) is 2.88. The molecule has 1 heterocycles. The van der Waals surface area contributed by atoms with E-state index >= 15 is 0 Å². The summed E-state index contributed by atoms with van der Waals surface area (Å²) in [6, 6.07) is 7.92. The third-order valence-corrected chi connectivity index (χ3v) is 5.50. The number of nitrogens with one attached hydrogen (secondary N) is 3. The van der Waals surface area contributed by atoms with Crippen molar-refractivity contribution in [1.82, 2.24) is 21.1 Å². The van der Waals surface area contributed by atoms with Crippen LogP contribution in [0.15, 0.2) is 30.3 Å². The second-order valence-electron chi connectivity index (χ2n) is 7.74. The van der Waals surface area contributed by atoms with Crippen LogP contribution in [0.3, 0.4) is 0 Å². The number of benzene rings is 1. The molecule has 8 heteroatoms. The minimum Gasteiger partial charge on any atom is -0.349 e. The molecule has 1 spiro atoms. The van der Waals surface area contributed by atoms with Crippen molar-refractivity contribution >= 4 is 23.8 Å². The fraction of sp³-hybridized carbons (Fsp3) is 0.500. The van der Waals surface area contributed by atoms with E-state index < -0.39 is 29.4 Å². The first-order chi connectivity index (χ1) is 13.3. The minimum atomic E-state index is -0.909. The van der Waals surface area contributed by atoms with E-state index in [9.17, 15) is 19.2 Å². The van der Waals surface area contributed by atoms with Crippen molar-refractivity contribution in [2.24, 2.45) is 5.92 Å². The van der Waals surface area contributed by atoms with E-state index in [-0.39, 0.29) is 12.3 Å². The van der Waals surface area contributed by atoms with Gasteiger partial charge in [-0.2, -0.15) is 5.01 Å². The molecule has 5 amide bonds. The molecule has 1 atom stereocenters. The molecule has 28 heavy (non-hydrogen) atoms. The van der Waals surface area contributed by atoms with E-state index in [0.29, 0.717) is 18.8 Å². The van der Waals surface area contributed by atoms with Gasteiger partial charge < -0.3 is 10.6 Å². The first-order valence-electron chi connectivity index (χ1n) is 9.59. The zero-order valence-corrected chi connectivity index (χ0v) is 16.2. The molecule has 1 aliphatic carbocycles. The van der Waals surface area contributed by atoms with Crippen LogP contribution in [0.25, 0.3) is 0 Å². The van der Waals surface area contributed by atoms with E-state index in [4.69, 9.17) is 0 Å². The Morgan fingerprint density at radius 2 is 1.86 bits per heavy atom. The molecule has 0 aromatic heterocycles. The van der Waals surface area contributed by atoms with Gasteiger partial charge in [-0.25, -0.2) is 4.79 Å². The van der Waals surface area contributed by atoms with Crippen molar-refractivity contribution in [2.45, 2.75) is 57.5 Å². The van der Waals surface area contributed by atoms with Crippen LogP contribution in [0, 0.1) is 5.92 Å². The minimum absolute atomic E-state index is 0.0926. The predicted molar refractivity (Wildman–Crippen MR) is 102 cm³/mol. The number of rotatable bonds is 5. The van der Waals surface area contributed by atoms with Crippen molar-refractivity contribution in [3.63, 3.8) is 0 Å². The maximum atomic E-state index is 12.8. The van der Waals surface area contributed by atoms with Gasteiger partial charge in [0, 0.05) is 6.92 Å². The zero-order valence-electron chi connectivity index (χ0n) is 16.2. The number of imide groups is 1. The highest BCUT2D eigenvalue weighted by Gasteiger charge is 2.52. The van der Waals surface area contributed by atoms with Gasteiger partial charge in [0.25, 0.3) is 5.91 Å². The lowest BCUT2D eigenvalue weighted by molar-refractivity contribution is -0.140. The molecule has 1 aromatic carbocycles. The van der Waals surface area contributed by atoms with Crippen LogP contribution in [0.1, 0.15) is 57.6 Å². The van der Waals surface area contributed by atoms with Crippen LogP contribution < -0.4 is 16.1 Å². The second kappa shape index (κ2) is 8.00. The third kappa shape index (κ3) is 4.16. The normalized spacial score (nSPS) is 25.4. The van der Waals surface area contributed by atoms with Gasteiger partial charge in [0.15, 0.2) is 0 Å². The molecule has 0 bridgehead atoms. The zero-order chi connectivity index (χ0) is 20.3. The van der Waals surface area contributed by atoms with Gasteiger partial charge >= 0.3 is 6.03 Å². The molecule has 8 nitrogen and oxygen atoms in total. The van der Waals surface area contributed by atoms with E-state index in [0.717, 1.165) is 23.4 Å². The van der Waals surface area contributed by atoms with Crippen molar-refractivity contribution in [2.75, 3.05) is 0 Å². The Hall–Kier alpha value is -2.90. The SMILES string of the molecule is CC(=O)N[C@@H](CC(=O)NN1C(=O)NC2(CCC(C)CC2)C1=O)c1ccccc1. The number of carbonyl (C=O) groups is 4. The quantitative estimate of drug-likeness (QED) is 0.671. The average molecular weight is 386 g/mol. The van der Waals surface area contributed by atoms with Crippen molar-refractivity contribution < 1.29 is 19.2 Å². The Balaban J connectivity index is 1.67. The number of hydrogen-bond donors (Lipinski definition) is 3. The van der Waals surface area contributed by atoms with Crippen LogP contribution in [0.4, 0.5) is 4.79 Å². The summed E-state index contributed by atoms with van der Waals surface area (Å²) in [4.78, 5) is 49.2. The van der Waals surface area contributed by atoms with E-state index in [1.54, 1.807) is 12.1 Å². The second-order valence-corrected chi connectivity index (χ2v) is 7.74. The highest BCUT2D eigenvalue weighted by molar-refractivity contribution is 6.08. The largest absolute Gasteiger partial charge is 0.349 e. The Kier molecular flexibility index (Phi) is 5.67. The number of nitrogens with zero attached hydrogens (tertiary/aromatic N) is 1. The topological polar surface area (TPSA) is 108 Å². The summed E-state index contributed by atoms with van der Waals surface area (Å²) < 4.78 is 0. The molecule has 1 aliphatic heterocycles. The van der Waals surface area contributed by atoms with Crippen molar-refractivity contribution in [1.29, 1.82) is 0 Å². The number of hydrazine groups is 1. The van der Waals surface area contributed by atoms with Gasteiger partial charge in [0.2, 0.25) is 11.8 Å². The molecule has 1 saturated heterocycles. The summed E-state index contributed by atoms with van der Waals surface area (Å²) in [5.74, 6) is -0.684. The van der Waals surface area contributed by atoms with Crippen molar-refractivity contribution in [3.05, 3.63) is 35.9 Å². The lowest BCUT2D eigenvalue weighted by Gasteiger charge is -2.33. The fourth-order valence-corrected chi connectivity index (χ4v) is 3.85. The number of hydrogen-bond acceptors (Lipinski definition) is 4. The monoisotopic (exact) mass is 386 g/mol. The van der Waals surface area contributed by atoms with Gasteiger partial charge in [-0.1, -0.05) is 37.3 Å². The number of amides is 5. The van der Waals surface area contributed by atoms with Gasteiger partial charge in [-0.15, -0.1) is 0 Å². The highest BCUT2D eigenvalue weighted by atomic mass is 16.2. The summed E-state index contributed by atoms with van der Waals surface area (Å²) in [5, 5.41) is 6.28. The molecule has 2 fully saturated rings. The molecule has 150 valence electrons. The maximum absolute atomic E-state index is 12.8. The molecule has 0 unspecified atom stereocenters. The van der Waals surface area contributed by atoms with Crippen LogP contribution in [-0.2, 0) is 14.4 Å². The van der Waals surface area contributed by atoms with E-state index in [2.05, 4.69) is 23.0 Å². The number of urea groups is 1. The van der Waals surface area contributed by atoms with Crippen LogP contribution in [-0.4, -0.2) is 34.3 Å². The Labute approximate surface area is 164 Å². The predicted octanol–water partition coefficient (Wildman–Crippen LogP) is 1.79. The molecule has 3 N–H and O–H groups in total. The van der Waals surface area contributed by atoms with Gasteiger partial charge in [0.05, 0.1) is 12.5 Å². The summed E-state index contributed by atoms with van der Waals surface area (Å²) in [6.07, 6.45) is 2.76. The Morgan fingerprint density at radius 1 is 1.21 bits per heavy atom. The maximum Gasteiger partial charge on any atom is 0.344 e. The van der Waals surface area contributed by atoms with Crippen LogP contribution >= 0.6 is 0 Å². The fourth-order valence-electron chi connectivity index (χ4n) is 3.85. The third-order valence-electron chi connectivity index (χ3n) is 5.50. The van der Waals surface area contributed by atoms with Gasteiger partial charge in [-0.05, 0) is 37.2 Å². The molecule has 3 rings (SSSR count). The van der Waals surface area contributed by atoms with Gasteiger partial charge in [-0.3, -0.25) is 19.8 Å². The smallest absolute Gasteiger partial charge is 0.344 e. The molecular weight excluding hydrogens is 360 g/mol. The summed E-state index contributed by atoms with van der Waals surface area (Å²) in [6.45, 7) is 3.50. The Morgan fingerprint density at radius 3 is 2.46 bits per heavy atom. The first-order valence-corrected chi connectivity index (χ1v) is 9.59. The summed E-state index contributed by atoms with van der Waals surface area (Å²) in [7, 11) is 0. The van der Waals surface area contributed by atoms with E-state index in [1.165, 1.54) is 6.92 Å².